The number of rotatable bonds is 1. The van der Waals surface area contributed by atoms with Crippen LogP contribution in [0.2, 0.25) is 0 Å². The minimum atomic E-state index is -1.50. The van der Waals surface area contributed by atoms with Crippen molar-refractivity contribution in [2.75, 3.05) is 6.54 Å². The standard InChI is InChI=1S/C20H36N2.HNO3/c1-2-4-8-12-16-19(15-11-7-3-1)20-17-13-9-5-6-10-14-18-21-22-20;2-1(3)4/h15,21H,1-14,16-18H2;(H,2,3,4). The Bertz CT molecular complexity index is 398. The Morgan fingerprint density at radius 1 is 0.846 bits per heavy atom. The SMILES string of the molecule is C1=C(C2=NNCCCCCCCC2)CCCCCCCCC1.O=[N+]([O-])O. The summed E-state index contributed by atoms with van der Waals surface area (Å²) < 4.78 is 0. The summed E-state index contributed by atoms with van der Waals surface area (Å²) in [7, 11) is 0. The lowest BCUT2D eigenvalue weighted by atomic mass is 9.97. The highest BCUT2D eigenvalue weighted by Gasteiger charge is 2.09. The average Bonchev–Trinajstić information content (AvgIpc) is 2.70. The van der Waals surface area contributed by atoms with E-state index in [4.69, 9.17) is 20.4 Å². The topological polar surface area (TPSA) is 87.8 Å². The van der Waals surface area contributed by atoms with E-state index in [-0.39, 0.29) is 0 Å². The fourth-order valence-corrected chi connectivity index (χ4v) is 3.63. The zero-order valence-corrected chi connectivity index (χ0v) is 16.3. The summed E-state index contributed by atoms with van der Waals surface area (Å²) in [6.45, 7) is 1.05. The second kappa shape index (κ2) is 15.6. The lowest BCUT2D eigenvalue weighted by Gasteiger charge is -2.12. The van der Waals surface area contributed by atoms with Crippen molar-refractivity contribution in [3.05, 3.63) is 21.8 Å². The number of nitrogens with one attached hydrogen (secondary N) is 1. The van der Waals surface area contributed by atoms with Gasteiger partial charge in [0.1, 0.15) is 0 Å². The van der Waals surface area contributed by atoms with Gasteiger partial charge < -0.3 is 10.6 Å². The Morgan fingerprint density at radius 2 is 1.35 bits per heavy atom. The predicted octanol–water partition coefficient (Wildman–Crippen LogP) is 5.78. The van der Waals surface area contributed by atoms with Crippen molar-refractivity contribution < 1.29 is 10.3 Å². The van der Waals surface area contributed by atoms with E-state index in [1.165, 1.54) is 108 Å². The zero-order chi connectivity index (χ0) is 18.9. The first-order chi connectivity index (χ1) is 12.7. The Hall–Kier alpha value is -1.59. The van der Waals surface area contributed by atoms with Crippen LogP contribution in [0.1, 0.15) is 103 Å². The molecule has 0 amide bonds. The molecular weight excluding hydrogens is 330 g/mol. The smallest absolute Gasteiger partial charge is 0.291 e. The molecule has 0 bridgehead atoms. The Labute approximate surface area is 158 Å². The molecule has 2 aliphatic rings. The van der Waals surface area contributed by atoms with E-state index in [9.17, 15) is 0 Å². The summed E-state index contributed by atoms with van der Waals surface area (Å²) in [5, 5.41) is 18.4. The lowest BCUT2D eigenvalue weighted by Crippen LogP contribution is -2.14. The maximum absolute atomic E-state index is 8.36. The molecule has 0 saturated carbocycles. The summed E-state index contributed by atoms with van der Waals surface area (Å²) in [6.07, 6.45) is 24.2. The molecule has 0 aromatic rings. The van der Waals surface area contributed by atoms with Crippen molar-refractivity contribution in [3.8, 4) is 0 Å². The first kappa shape index (κ1) is 22.5. The van der Waals surface area contributed by atoms with E-state index in [1.54, 1.807) is 5.57 Å². The minimum Gasteiger partial charge on any atom is -0.328 e. The molecule has 0 aromatic heterocycles. The normalized spacial score (nSPS) is 21.2. The van der Waals surface area contributed by atoms with Gasteiger partial charge in [-0.25, -0.2) is 0 Å². The van der Waals surface area contributed by atoms with Crippen LogP contribution in [0.15, 0.2) is 16.8 Å². The third-order valence-corrected chi connectivity index (χ3v) is 5.08. The van der Waals surface area contributed by atoms with Crippen LogP contribution in [0, 0.1) is 10.1 Å². The average molecular weight is 368 g/mol. The molecule has 0 aromatic carbocycles. The van der Waals surface area contributed by atoms with Crippen LogP contribution >= 0.6 is 0 Å². The Balaban J connectivity index is 0.000000765. The van der Waals surface area contributed by atoms with Crippen LogP contribution < -0.4 is 5.43 Å². The van der Waals surface area contributed by atoms with Crippen molar-refractivity contribution in [1.82, 2.24) is 5.43 Å². The molecular formula is C20H37N3O3. The minimum absolute atomic E-state index is 1.05. The second-order valence-corrected chi connectivity index (χ2v) is 7.32. The molecule has 26 heavy (non-hydrogen) atoms. The van der Waals surface area contributed by atoms with Gasteiger partial charge in [-0.05, 0) is 50.5 Å². The highest BCUT2D eigenvalue weighted by Crippen LogP contribution is 2.20. The van der Waals surface area contributed by atoms with Crippen molar-refractivity contribution in [1.29, 1.82) is 0 Å². The van der Waals surface area contributed by atoms with Gasteiger partial charge in [0, 0.05) is 6.54 Å². The molecule has 1 aliphatic heterocycles. The number of allylic oxidation sites excluding steroid dienone is 2. The molecule has 0 unspecified atom stereocenters. The quantitative estimate of drug-likeness (QED) is 0.454. The Kier molecular flexibility index (Phi) is 13.5. The third-order valence-electron chi connectivity index (χ3n) is 5.08. The van der Waals surface area contributed by atoms with Gasteiger partial charge in [0.2, 0.25) is 0 Å². The Morgan fingerprint density at radius 3 is 2.00 bits per heavy atom. The van der Waals surface area contributed by atoms with E-state index < -0.39 is 5.09 Å². The van der Waals surface area contributed by atoms with Crippen molar-refractivity contribution in [3.63, 3.8) is 0 Å². The van der Waals surface area contributed by atoms with Crippen LogP contribution in [0.3, 0.4) is 0 Å². The van der Waals surface area contributed by atoms with Gasteiger partial charge in [-0.1, -0.05) is 63.9 Å². The molecule has 1 heterocycles. The van der Waals surface area contributed by atoms with Gasteiger partial charge in [0.15, 0.2) is 0 Å². The maximum Gasteiger partial charge on any atom is 0.291 e. The summed E-state index contributed by atoms with van der Waals surface area (Å²) in [6, 6.07) is 0. The third kappa shape index (κ3) is 12.7. The predicted molar refractivity (Wildman–Crippen MR) is 106 cm³/mol. The summed E-state index contributed by atoms with van der Waals surface area (Å²) in [5.74, 6) is 0. The van der Waals surface area contributed by atoms with Gasteiger partial charge in [0.25, 0.3) is 5.09 Å². The monoisotopic (exact) mass is 367 g/mol. The van der Waals surface area contributed by atoms with Gasteiger partial charge in [-0.3, -0.25) is 0 Å². The molecule has 0 saturated heterocycles. The molecule has 2 rings (SSSR count). The highest BCUT2D eigenvalue weighted by molar-refractivity contribution is 5.99. The molecule has 6 nitrogen and oxygen atoms in total. The summed E-state index contributed by atoms with van der Waals surface area (Å²) >= 11 is 0. The number of hydrazone groups is 1. The van der Waals surface area contributed by atoms with Crippen molar-refractivity contribution >= 4 is 5.71 Å². The van der Waals surface area contributed by atoms with Crippen molar-refractivity contribution in [2.45, 2.75) is 103 Å². The molecule has 0 radical (unpaired) electrons. The van der Waals surface area contributed by atoms with Crippen LogP contribution in [0.4, 0.5) is 0 Å². The van der Waals surface area contributed by atoms with E-state index in [1.807, 2.05) is 0 Å². The van der Waals surface area contributed by atoms with Crippen molar-refractivity contribution in [2.24, 2.45) is 5.10 Å². The summed E-state index contributed by atoms with van der Waals surface area (Å²) in [5.41, 5.74) is 6.29. The molecule has 2 N–H and O–H groups in total. The van der Waals surface area contributed by atoms with Gasteiger partial charge in [-0.2, -0.15) is 5.10 Å². The van der Waals surface area contributed by atoms with Crippen LogP contribution in [0.5, 0.6) is 0 Å². The zero-order valence-electron chi connectivity index (χ0n) is 16.3. The fourth-order valence-electron chi connectivity index (χ4n) is 3.63. The first-order valence-electron chi connectivity index (χ1n) is 10.5. The molecule has 6 heteroatoms. The van der Waals surface area contributed by atoms with Gasteiger partial charge in [0.05, 0.1) is 5.71 Å². The van der Waals surface area contributed by atoms with Crippen LogP contribution in [0.25, 0.3) is 0 Å². The number of hydrogen-bond acceptors (Lipinski definition) is 4. The van der Waals surface area contributed by atoms with Gasteiger partial charge in [-0.15, -0.1) is 10.1 Å². The highest BCUT2D eigenvalue weighted by atomic mass is 16.9. The molecule has 1 aliphatic carbocycles. The van der Waals surface area contributed by atoms with E-state index >= 15 is 0 Å². The van der Waals surface area contributed by atoms with Crippen LogP contribution in [-0.4, -0.2) is 22.6 Å². The van der Waals surface area contributed by atoms with E-state index in [0.717, 1.165) is 6.54 Å². The first-order valence-corrected chi connectivity index (χ1v) is 10.5. The van der Waals surface area contributed by atoms with Gasteiger partial charge >= 0.3 is 0 Å². The molecule has 0 fully saturated rings. The second-order valence-electron chi connectivity index (χ2n) is 7.32. The van der Waals surface area contributed by atoms with E-state index in [0.29, 0.717) is 0 Å². The lowest BCUT2D eigenvalue weighted by molar-refractivity contribution is -0.742. The van der Waals surface area contributed by atoms with E-state index in [2.05, 4.69) is 11.5 Å². The molecule has 150 valence electrons. The summed E-state index contributed by atoms with van der Waals surface area (Å²) in [4.78, 5) is 8.36. The molecule has 0 atom stereocenters. The van der Waals surface area contributed by atoms with Crippen LogP contribution in [-0.2, 0) is 0 Å². The fraction of sp³-hybridized carbons (Fsp3) is 0.850. The largest absolute Gasteiger partial charge is 0.328 e. The molecule has 0 spiro atoms. The maximum atomic E-state index is 8.36. The number of hydrogen-bond donors (Lipinski definition) is 2. The number of nitrogens with zero attached hydrogens (tertiary/aromatic N) is 2.